The van der Waals surface area contributed by atoms with Crippen LogP contribution in [0.1, 0.15) is 42.5 Å². The van der Waals surface area contributed by atoms with Crippen molar-refractivity contribution in [2.45, 2.75) is 38.4 Å². The van der Waals surface area contributed by atoms with E-state index in [9.17, 15) is 0 Å². The summed E-state index contributed by atoms with van der Waals surface area (Å²) in [6.07, 6.45) is 6.73. The van der Waals surface area contributed by atoms with Crippen LogP contribution < -0.4 is 0 Å². The van der Waals surface area contributed by atoms with Crippen LogP contribution in [0.15, 0.2) is 66.0 Å². The smallest absolute Gasteiger partial charge is 0.160 e. The van der Waals surface area contributed by atoms with Gasteiger partial charge in [0.05, 0.1) is 17.6 Å². The molecule has 1 saturated heterocycles. The summed E-state index contributed by atoms with van der Waals surface area (Å²) in [6.45, 7) is 4.42. The minimum atomic E-state index is 0.00257. The molecule has 0 unspecified atom stereocenters. The molecule has 0 aromatic carbocycles. The zero-order valence-electron chi connectivity index (χ0n) is 16.1. The van der Waals surface area contributed by atoms with Gasteiger partial charge in [-0.05, 0) is 49.7 Å². The molecule has 0 spiro atoms. The molecule has 1 fully saturated rings. The third-order valence-corrected chi connectivity index (χ3v) is 6.77. The molecule has 3 aromatic heterocycles. The lowest BCUT2D eigenvalue weighted by molar-refractivity contribution is 0.248. The first-order valence-corrected chi connectivity index (χ1v) is 10.7. The molecule has 0 bridgehead atoms. The monoisotopic (exact) mass is 389 g/mol. The second kappa shape index (κ2) is 7.09. The molecule has 5 rings (SSSR count). The van der Waals surface area contributed by atoms with Gasteiger partial charge >= 0.3 is 0 Å². The third kappa shape index (κ3) is 2.75. The molecular formula is C22H23N5S. The number of hydrogen-bond acceptors (Lipinski definition) is 5. The first-order valence-electron chi connectivity index (χ1n) is 9.76. The summed E-state index contributed by atoms with van der Waals surface area (Å²) in [7, 11) is 0. The standard InChI is InChI=1S/C22H23N5S/c1-3-16-14-28-22-25-20(18-8-4-5-12-24-18)21(27(16)22)19-10-9-15(2)26(19)17-7-6-11-23-13-17/h4-13,16,20-21H,3,14H2,1-2H3/t16-,20+,21+/m1/s1. The van der Waals surface area contributed by atoms with E-state index in [1.165, 1.54) is 11.4 Å². The topological polar surface area (TPSA) is 46.3 Å². The van der Waals surface area contributed by atoms with Gasteiger partial charge < -0.3 is 9.47 Å². The van der Waals surface area contributed by atoms with Crippen LogP contribution in [0.4, 0.5) is 0 Å². The fourth-order valence-corrected chi connectivity index (χ4v) is 5.64. The van der Waals surface area contributed by atoms with Gasteiger partial charge in [-0.3, -0.25) is 15.0 Å². The van der Waals surface area contributed by atoms with E-state index in [-0.39, 0.29) is 12.1 Å². The van der Waals surface area contributed by atoms with Crippen molar-refractivity contribution in [1.82, 2.24) is 19.4 Å². The lowest BCUT2D eigenvalue weighted by atomic mass is 9.99. The van der Waals surface area contributed by atoms with Gasteiger partial charge in [-0.25, -0.2) is 0 Å². The number of pyridine rings is 2. The van der Waals surface area contributed by atoms with Crippen molar-refractivity contribution in [2.75, 3.05) is 5.75 Å². The molecule has 3 atom stereocenters. The first kappa shape index (κ1) is 17.5. The number of thioether (sulfide) groups is 1. The molecule has 2 aliphatic rings. The van der Waals surface area contributed by atoms with Crippen molar-refractivity contribution in [3.05, 3.63) is 78.1 Å². The predicted octanol–water partition coefficient (Wildman–Crippen LogP) is 4.56. The Morgan fingerprint density at radius 2 is 2.04 bits per heavy atom. The van der Waals surface area contributed by atoms with E-state index in [2.05, 4.69) is 63.6 Å². The molecule has 0 aliphatic carbocycles. The highest BCUT2D eigenvalue weighted by Gasteiger charge is 2.46. The van der Waals surface area contributed by atoms with Gasteiger partial charge in [0, 0.05) is 35.6 Å². The Balaban J connectivity index is 1.66. The van der Waals surface area contributed by atoms with Crippen molar-refractivity contribution in [2.24, 2.45) is 4.99 Å². The molecule has 0 saturated carbocycles. The van der Waals surface area contributed by atoms with Crippen molar-refractivity contribution in [3.8, 4) is 5.69 Å². The number of aromatic nitrogens is 3. The summed E-state index contributed by atoms with van der Waals surface area (Å²) < 4.78 is 2.32. The molecule has 0 radical (unpaired) electrons. The van der Waals surface area contributed by atoms with Gasteiger partial charge in [-0.15, -0.1) is 0 Å². The summed E-state index contributed by atoms with van der Waals surface area (Å²) in [5, 5.41) is 1.16. The number of aryl methyl sites for hydroxylation is 1. The van der Waals surface area contributed by atoms with Crippen LogP contribution in [0.25, 0.3) is 5.69 Å². The van der Waals surface area contributed by atoms with Gasteiger partial charge in [-0.2, -0.15) is 0 Å². The van der Waals surface area contributed by atoms with E-state index in [0.29, 0.717) is 6.04 Å². The number of fused-ring (bicyclic) bond motifs is 1. The summed E-state index contributed by atoms with van der Waals surface area (Å²) in [4.78, 5) is 16.7. The summed E-state index contributed by atoms with van der Waals surface area (Å²) in [5.41, 5.74) is 4.58. The Morgan fingerprint density at radius 1 is 1.11 bits per heavy atom. The number of rotatable bonds is 4. The molecule has 3 aromatic rings. The molecule has 142 valence electrons. The van der Waals surface area contributed by atoms with E-state index in [1.807, 2.05) is 42.5 Å². The minimum Gasteiger partial charge on any atom is -0.337 e. The number of hydrogen-bond donors (Lipinski definition) is 0. The average Bonchev–Trinajstić information content (AvgIpc) is 3.42. The molecule has 0 N–H and O–H groups in total. The van der Waals surface area contributed by atoms with Gasteiger partial charge in [0.15, 0.2) is 5.17 Å². The molecule has 2 aliphatic heterocycles. The van der Waals surface area contributed by atoms with Crippen LogP contribution >= 0.6 is 11.8 Å². The summed E-state index contributed by atoms with van der Waals surface area (Å²) >= 11 is 1.88. The lowest BCUT2D eigenvalue weighted by Crippen LogP contribution is -2.36. The maximum absolute atomic E-state index is 5.13. The van der Waals surface area contributed by atoms with Crippen LogP contribution in [-0.2, 0) is 0 Å². The van der Waals surface area contributed by atoms with Gasteiger partial charge in [-0.1, -0.05) is 24.8 Å². The maximum Gasteiger partial charge on any atom is 0.160 e. The number of nitrogens with zero attached hydrogens (tertiary/aromatic N) is 5. The van der Waals surface area contributed by atoms with Crippen LogP contribution in [-0.4, -0.2) is 36.4 Å². The highest BCUT2D eigenvalue weighted by Crippen LogP contribution is 2.49. The molecule has 5 nitrogen and oxygen atoms in total. The van der Waals surface area contributed by atoms with Gasteiger partial charge in [0.1, 0.15) is 12.1 Å². The van der Waals surface area contributed by atoms with Gasteiger partial charge in [0.25, 0.3) is 0 Å². The second-order valence-corrected chi connectivity index (χ2v) is 8.27. The van der Waals surface area contributed by atoms with Crippen LogP contribution in [0.3, 0.4) is 0 Å². The van der Waals surface area contributed by atoms with Crippen LogP contribution in [0.2, 0.25) is 0 Å². The quantitative estimate of drug-likeness (QED) is 0.656. The van der Waals surface area contributed by atoms with Crippen LogP contribution in [0, 0.1) is 6.92 Å². The normalized spacial score (nSPS) is 23.7. The highest BCUT2D eigenvalue weighted by molar-refractivity contribution is 8.14. The van der Waals surface area contributed by atoms with E-state index in [1.54, 1.807) is 0 Å². The third-order valence-electron chi connectivity index (χ3n) is 5.64. The number of aliphatic imine (C=N–C) groups is 1. The number of amidine groups is 1. The Hall–Kier alpha value is -2.60. The largest absolute Gasteiger partial charge is 0.337 e. The maximum atomic E-state index is 5.13. The van der Waals surface area contributed by atoms with Crippen molar-refractivity contribution < 1.29 is 0 Å². The molecular weight excluding hydrogens is 366 g/mol. The predicted molar refractivity (Wildman–Crippen MR) is 114 cm³/mol. The van der Waals surface area contributed by atoms with Crippen molar-refractivity contribution >= 4 is 16.9 Å². The summed E-state index contributed by atoms with van der Waals surface area (Å²) in [5.74, 6) is 1.10. The second-order valence-electron chi connectivity index (χ2n) is 7.28. The molecule has 6 heteroatoms. The first-order chi connectivity index (χ1) is 13.8. The zero-order valence-corrected chi connectivity index (χ0v) is 16.9. The summed E-state index contributed by atoms with van der Waals surface area (Å²) in [6, 6.07) is 15.3. The van der Waals surface area contributed by atoms with E-state index < -0.39 is 0 Å². The SMILES string of the molecule is CC[C@@H]1CSC2=N[C@@H](c3ccccn3)[C@H](c3ccc(C)n3-c3cccnc3)N21. The van der Waals surface area contributed by atoms with Crippen molar-refractivity contribution in [3.63, 3.8) is 0 Å². The van der Waals surface area contributed by atoms with E-state index in [0.717, 1.165) is 28.7 Å². The Kier molecular flexibility index (Phi) is 4.43. The zero-order chi connectivity index (χ0) is 19.1. The van der Waals surface area contributed by atoms with E-state index >= 15 is 0 Å². The Bertz CT molecular complexity index is 998. The molecule has 5 heterocycles. The van der Waals surface area contributed by atoms with Gasteiger partial charge in [0.2, 0.25) is 0 Å². The minimum absolute atomic E-state index is 0.00257. The Labute approximate surface area is 169 Å². The van der Waals surface area contributed by atoms with Crippen LogP contribution in [0.5, 0.6) is 0 Å². The average molecular weight is 390 g/mol. The lowest BCUT2D eigenvalue weighted by Gasteiger charge is -2.32. The molecule has 0 amide bonds. The fourth-order valence-electron chi connectivity index (χ4n) is 4.30. The van der Waals surface area contributed by atoms with Crippen molar-refractivity contribution in [1.29, 1.82) is 0 Å². The molecule has 28 heavy (non-hydrogen) atoms. The highest BCUT2D eigenvalue weighted by atomic mass is 32.2. The van der Waals surface area contributed by atoms with E-state index in [4.69, 9.17) is 4.99 Å². The Morgan fingerprint density at radius 3 is 2.79 bits per heavy atom. The fraction of sp³-hybridized carbons (Fsp3) is 0.318.